The third-order valence-corrected chi connectivity index (χ3v) is 7.85. The summed E-state index contributed by atoms with van der Waals surface area (Å²) in [6, 6.07) is 6.77. The van der Waals surface area contributed by atoms with Crippen molar-refractivity contribution in [2.75, 3.05) is 31.1 Å². The molecule has 158 valence electrons. The average Bonchev–Trinajstić information content (AvgIpc) is 3.20. The lowest BCUT2D eigenvalue weighted by Gasteiger charge is -2.33. The van der Waals surface area contributed by atoms with Gasteiger partial charge in [-0.15, -0.1) is 11.3 Å². The molecule has 0 aliphatic carbocycles. The van der Waals surface area contributed by atoms with Crippen molar-refractivity contribution in [3.05, 3.63) is 64.3 Å². The van der Waals surface area contributed by atoms with Gasteiger partial charge in [0.2, 0.25) is 10.0 Å². The molecule has 0 unspecified atom stereocenters. The van der Waals surface area contributed by atoms with E-state index < -0.39 is 32.4 Å². The van der Waals surface area contributed by atoms with E-state index in [1.54, 1.807) is 6.07 Å². The van der Waals surface area contributed by atoms with Crippen LogP contribution in [0.15, 0.2) is 46.7 Å². The quantitative estimate of drug-likeness (QED) is 0.564. The number of rotatable bonds is 4. The molecular weight excluding hydrogens is 459 g/mol. The average molecular weight is 474 g/mol. The molecule has 1 saturated heterocycles. The first-order chi connectivity index (χ1) is 14.3. The van der Waals surface area contributed by atoms with E-state index in [2.05, 4.69) is 4.98 Å². The third-order valence-electron chi connectivity index (χ3n) is 4.73. The van der Waals surface area contributed by atoms with Crippen molar-refractivity contribution in [1.29, 1.82) is 0 Å². The number of sulfonamides is 1. The van der Waals surface area contributed by atoms with Gasteiger partial charge in [0.15, 0.2) is 5.13 Å². The van der Waals surface area contributed by atoms with Gasteiger partial charge in [-0.3, -0.25) is 0 Å². The van der Waals surface area contributed by atoms with Crippen LogP contribution in [0, 0.1) is 17.5 Å². The van der Waals surface area contributed by atoms with Crippen LogP contribution in [0.2, 0.25) is 5.02 Å². The van der Waals surface area contributed by atoms with Crippen molar-refractivity contribution in [3.8, 4) is 11.3 Å². The minimum atomic E-state index is -4.06. The Bertz CT molecular complexity index is 1200. The fourth-order valence-corrected chi connectivity index (χ4v) is 5.68. The van der Waals surface area contributed by atoms with E-state index >= 15 is 0 Å². The maximum absolute atomic E-state index is 14.0. The van der Waals surface area contributed by atoms with Crippen LogP contribution < -0.4 is 4.90 Å². The van der Waals surface area contributed by atoms with Crippen molar-refractivity contribution in [3.63, 3.8) is 0 Å². The molecule has 0 amide bonds. The molecule has 30 heavy (non-hydrogen) atoms. The topological polar surface area (TPSA) is 53.5 Å². The van der Waals surface area contributed by atoms with Crippen LogP contribution in [0.25, 0.3) is 11.3 Å². The van der Waals surface area contributed by atoms with Gasteiger partial charge >= 0.3 is 0 Å². The van der Waals surface area contributed by atoms with Gasteiger partial charge < -0.3 is 4.90 Å². The van der Waals surface area contributed by atoms with Gasteiger partial charge in [-0.05, 0) is 30.3 Å². The molecule has 4 rings (SSSR count). The van der Waals surface area contributed by atoms with Crippen molar-refractivity contribution < 1.29 is 21.6 Å². The molecule has 2 aromatic carbocycles. The molecule has 1 aliphatic heterocycles. The van der Waals surface area contributed by atoms with E-state index in [1.165, 1.54) is 27.8 Å². The number of nitrogens with zero attached hydrogens (tertiary/aromatic N) is 3. The summed E-state index contributed by atoms with van der Waals surface area (Å²) in [4.78, 5) is 5.92. The van der Waals surface area contributed by atoms with E-state index in [0.717, 1.165) is 12.1 Å². The highest BCUT2D eigenvalue weighted by Crippen LogP contribution is 2.31. The summed E-state index contributed by atoms with van der Waals surface area (Å²) in [5, 5.41) is 2.51. The largest absolute Gasteiger partial charge is 0.345 e. The Morgan fingerprint density at radius 3 is 2.37 bits per heavy atom. The minimum absolute atomic E-state index is 0.00824. The van der Waals surface area contributed by atoms with Crippen molar-refractivity contribution >= 4 is 38.1 Å². The SMILES string of the molecule is O=S(=O)(c1ccc(F)cc1F)N1CCN(c2nc(-c3ccc(F)c(Cl)c3)cs2)CC1. The zero-order valence-corrected chi connectivity index (χ0v) is 17.7. The molecule has 1 fully saturated rings. The zero-order valence-electron chi connectivity index (χ0n) is 15.4. The van der Waals surface area contributed by atoms with Gasteiger partial charge in [0, 0.05) is 43.2 Å². The van der Waals surface area contributed by atoms with Gasteiger partial charge in [0.25, 0.3) is 0 Å². The maximum atomic E-state index is 14.0. The van der Waals surface area contributed by atoms with Gasteiger partial charge in [-0.25, -0.2) is 26.6 Å². The van der Waals surface area contributed by atoms with E-state index in [4.69, 9.17) is 11.6 Å². The first-order valence-electron chi connectivity index (χ1n) is 8.87. The molecular formula is C19H15ClF3N3O2S2. The highest BCUT2D eigenvalue weighted by molar-refractivity contribution is 7.89. The van der Waals surface area contributed by atoms with Crippen molar-refractivity contribution in [2.45, 2.75) is 4.90 Å². The Balaban J connectivity index is 1.47. The number of benzene rings is 2. The second-order valence-corrected chi connectivity index (χ2v) is 9.76. The number of hydrogen-bond acceptors (Lipinski definition) is 5. The molecule has 11 heteroatoms. The number of piperazine rings is 1. The van der Waals surface area contributed by atoms with Crippen LogP contribution in [0.1, 0.15) is 0 Å². The van der Waals surface area contributed by atoms with Crippen LogP contribution in [0.4, 0.5) is 18.3 Å². The summed E-state index contributed by atoms with van der Waals surface area (Å²) in [5.74, 6) is -2.45. The second kappa shape index (κ2) is 8.18. The highest BCUT2D eigenvalue weighted by Gasteiger charge is 2.31. The lowest BCUT2D eigenvalue weighted by atomic mass is 10.2. The highest BCUT2D eigenvalue weighted by atomic mass is 35.5. The fourth-order valence-electron chi connectivity index (χ4n) is 3.14. The molecule has 0 N–H and O–H groups in total. The number of thiazole rings is 1. The van der Waals surface area contributed by atoms with E-state index in [1.807, 2.05) is 10.3 Å². The molecule has 0 spiro atoms. The van der Waals surface area contributed by atoms with Gasteiger partial charge in [-0.2, -0.15) is 4.31 Å². The predicted octanol–water partition coefficient (Wildman–Crippen LogP) is 4.39. The predicted molar refractivity (Wildman–Crippen MR) is 110 cm³/mol. The molecule has 0 bridgehead atoms. The standard InChI is InChI=1S/C19H15ClF3N3O2S2/c20-14-9-12(1-3-15(14)22)17-11-29-19(24-17)25-5-7-26(8-6-25)30(27,28)18-4-2-13(21)10-16(18)23/h1-4,9-11H,5-8H2. The molecule has 0 saturated carbocycles. The summed E-state index contributed by atoms with van der Waals surface area (Å²) in [6.07, 6.45) is 0. The van der Waals surface area contributed by atoms with E-state index in [9.17, 15) is 21.6 Å². The minimum Gasteiger partial charge on any atom is -0.345 e. The first kappa shape index (κ1) is 21.1. The Labute approximate surface area is 180 Å². The van der Waals surface area contributed by atoms with Crippen molar-refractivity contribution in [1.82, 2.24) is 9.29 Å². The normalized spacial score (nSPS) is 15.5. The summed E-state index contributed by atoms with van der Waals surface area (Å²) < 4.78 is 67.0. The summed E-state index contributed by atoms with van der Waals surface area (Å²) >= 11 is 7.21. The van der Waals surface area contributed by atoms with Crippen LogP contribution >= 0.6 is 22.9 Å². The van der Waals surface area contributed by atoms with Crippen LogP contribution in [-0.4, -0.2) is 43.9 Å². The summed E-state index contributed by atoms with van der Waals surface area (Å²) in [5.41, 5.74) is 1.32. The Morgan fingerprint density at radius 1 is 0.967 bits per heavy atom. The molecule has 1 aliphatic rings. The number of halogens is 4. The molecule has 3 aromatic rings. The van der Waals surface area contributed by atoms with E-state index in [-0.39, 0.29) is 18.1 Å². The molecule has 0 atom stereocenters. The number of aromatic nitrogens is 1. The second-order valence-electron chi connectivity index (χ2n) is 6.61. The molecule has 2 heterocycles. The Hall–Kier alpha value is -2.14. The number of hydrogen-bond donors (Lipinski definition) is 0. The molecule has 0 radical (unpaired) electrons. The van der Waals surface area contributed by atoms with Gasteiger partial charge in [-0.1, -0.05) is 11.6 Å². The van der Waals surface area contributed by atoms with Crippen LogP contribution in [0.3, 0.4) is 0 Å². The number of anilines is 1. The smallest absolute Gasteiger partial charge is 0.246 e. The first-order valence-corrected chi connectivity index (χ1v) is 11.6. The van der Waals surface area contributed by atoms with Crippen LogP contribution in [-0.2, 0) is 10.0 Å². The molecule has 1 aromatic heterocycles. The van der Waals surface area contributed by atoms with Gasteiger partial charge in [0.05, 0.1) is 10.7 Å². The Kier molecular flexibility index (Phi) is 5.75. The summed E-state index contributed by atoms with van der Waals surface area (Å²) in [7, 11) is -4.06. The monoisotopic (exact) mass is 473 g/mol. The lowest BCUT2D eigenvalue weighted by Crippen LogP contribution is -2.48. The Morgan fingerprint density at radius 2 is 1.70 bits per heavy atom. The lowest BCUT2D eigenvalue weighted by molar-refractivity contribution is 0.382. The molecule has 5 nitrogen and oxygen atoms in total. The summed E-state index contributed by atoms with van der Waals surface area (Å²) in [6.45, 7) is 0.991. The van der Waals surface area contributed by atoms with Crippen molar-refractivity contribution in [2.24, 2.45) is 0 Å². The maximum Gasteiger partial charge on any atom is 0.246 e. The van der Waals surface area contributed by atoms with E-state index in [0.29, 0.717) is 35.5 Å². The van der Waals surface area contributed by atoms with Crippen LogP contribution in [0.5, 0.6) is 0 Å². The van der Waals surface area contributed by atoms with Gasteiger partial charge in [0.1, 0.15) is 22.3 Å². The third kappa shape index (κ3) is 4.04. The fraction of sp³-hybridized carbons (Fsp3) is 0.211. The zero-order chi connectivity index (χ0) is 21.5.